The summed E-state index contributed by atoms with van der Waals surface area (Å²) < 4.78 is 10.8. The first-order valence-electron chi connectivity index (χ1n) is 9.58. The number of carbonyl (C=O) groups is 1. The van der Waals surface area contributed by atoms with E-state index in [9.17, 15) is 4.79 Å². The van der Waals surface area contributed by atoms with Crippen LogP contribution in [0.4, 0.5) is 4.79 Å². The van der Waals surface area contributed by atoms with Crippen molar-refractivity contribution in [1.82, 2.24) is 20.9 Å². The number of amides is 1. The predicted molar refractivity (Wildman–Crippen MR) is 127 cm³/mol. The van der Waals surface area contributed by atoms with Crippen molar-refractivity contribution in [2.75, 3.05) is 20.2 Å². The van der Waals surface area contributed by atoms with E-state index in [-0.39, 0.29) is 24.0 Å². The number of nitrogens with one attached hydrogen (secondary N) is 3. The summed E-state index contributed by atoms with van der Waals surface area (Å²) in [5.41, 5.74) is -0.0335. The van der Waals surface area contributed by atoms with E-state index in [1.807, 2.05) is 46.8 Å². The van der Waals surface area contributed by atoms with Crippen LogP contribution in [0.1, 0.15) is 53.5 Å². The minimum absolute atomic E-state index is 0. The molecule has 3 N–H and O–H groups in total. The lowest BCUT2D eigenvalue weighted by Gasteiger charge is -2.29. The Morgan fingerprint density at radius 3 is 2.38 bits per heavy atom. The molecule has 0 radical (unpaired) electrons. The van der Waals surface area contributed by atoms with Gasteiger partial charge in [0.15, 0.2) is 5.96 Å². The standard InChI is InChI=1S/C20H35N5O3.HI/c1-8-11-27-16-10-9-15(12-22-16)13-23-17(21-7)24-14-20(5,6)25-18(26)28-19(2,3)4;/h9-10,12H,8,11,13-14H2,1-7H3,(H,25,26)(H2,21,23,24);1H. The Hall–Kier alpha value is -1.78. The molecule has 0 unspecified atom stereocenters. The van der Waals surface area contributed by atoms with E-state index in [4.69, 9.17) is 9.47 Å². The molecular weight excluding hydrogens is 485 g/mol. The Labute approximate surface area is 191 Å². The largest absolute Gasteiger partial charge is 0.478 e. The van der Waals surface area contributed by atoms with Gasteiger partial charge in [0.05, 0.1) is 12.1 Å². The molecular formula is C20H36IN5O3. The first-order valence-corrected chi connectivity index (χ1v) is 9.58. The molecule has 0 saturated carbocycles. The zero-order valence-corrected chi connectivity index (χ0v) is 20.9. The van der Waals surface area contributed by atoms with Crippen LogP contribution >= 0.6 is 24.0 Å². The lowest BCUT2D eigenvalue weighted by molar-refractivity contribution is 0.0474. The quantitative estimate of drug-likeness (QED) is 0.276. The average Bonchev–Trinajstić information content (AvgIpc) is 2.58. The van der Waals surface area contributed by atoms with E-state index < -0.39 is 17.2 Å². The predicted octanol–water partition coefficient (Wildman–Crippen LogP) is 3.46. The minimum atomic E-state index is -0.531. The molecule has 29 heavy (non-hydrogen) atoms. The van der Waals surface area contributed by atoms with Gasteiger partial charge in [-0.15, -0.1) is 24.0 Å². The number of hydrogen-bond donors (Lipinski definition) is 3. The highest BCUT2D eigenvalue weighted by Crippen LogP contribution is 2.09. The summed E-state index contributed by atoms with van der Waals surface area (Å²) in [5.74, 6) is 1.26. The minimum Gasteiger partial charge on any atom is -0.478 e. The van der Waals surface area contributed by atoms with Crippen molar-refractivity contribution in [3.63, 3.8) is 0 Å². The maximum absolute atomic E-state index is 12.0. The van der Waals surface area contributed by atoms with Crippen LogP contribution in [0.5, 0.6) is 5.88 Å². The van der Waals surface area contributed by atoms with Crippen molar-refractivity contribution >= 4 is 36.0 Å². The summed E-state index contributed by atoms with van der Waals surface area (Å²) in [6.45, 7) is 13.1. The lowest BCUT2D eigenvalue weighted by atomic mass is 10.1. The van der Waals surface area contributed by atoms with Crippen molar-refractivity contribution in [2.45, 2.75) is 65.6 Å². The number of hydrogen-bond acceptors (Lipinski definition) is 5. The van der Waals surface area contributed by atoms with Gasteiger partial charge < -0.3 is 25.4 Å². The van der Waals surface area contributed by atoms with Gasteiger partial charge in [-0.1, -0.05) is 13.0 Å². The number of aliphatic imine (C=N–C) groups is 1. The molecule has 0 aliphatic carbocycles. The van der Waals surface area contributed by atoms with Crippen molar-refractivity contribution in [3.05, 3.63) is 23.9 Å². The van der Waals surface area contributed by atoms with Crippen LogP contribution < -0.4 is 20.7 Å². The summed E-state index contributed by atoms with van der Waals surface area (Å²) in [6, 6.07) is 3.82. The first kappa shape index (κ1) is 27.2. The molecule has 1 aromatic rings. The summed E-state index contributed by atoms with van der Waals surface area (Å²) in [4.78, 5) is 20.5. The van der Waals surface area contributed by atoms with Crippen LogP contribution in [-0.2, 0) is 11.3 Å². The SMILES string of the molecule is CCCOc1ccc(CNC(=NC)NCC(C)(C)NC(=O)OC(C)(C)C)cn1.I. The van der Waals surface area contributed by atoms with E-state index in [0.717, 1.165) is 12.0 Å². The third-order valence-corrected chi connectivity index (χ3v) is 3.47. The van der Waals surface area contributed by atoms with Crippen LogP contribution in [0.15, 0.2) is 23.3 Å². The van der Waals surface area contributed by atoms with E-state index >= 15 is 0 Å². The second-order valence-corrected chi connectivity index (χ2v) is 8.14. The maximum Gasteiger partial charge on any atom is 0.408 e. The third kappa shape index (κ3) is 12.4. The Kier molecular flexibility index (Phi) is 11.9. The van der Waals surface area contributed by atoms with Gasteiger partial charge in [-0.3, -0.25) is 4.99 Å². The molecule has 0 aliphatic rings. The van der Waals surface area contributed by atoms with Crippen molar-refractivity contribution in [1.29, 1.82) is 0 Å². The van der Waals surface area contributed by atoms with Gasteiger partial charge >= 0.3 is 6.09 Å². The topological polar surface area (TPSA) is 96.9 Å². The van der Waals surface area contributed by atoms with Crippen LogP contribution in [0.25, 0.3) is 0 Å². The van der Waals surface area contributed by atoms with Gasteiger partial charge in [-0.2, -0.15) is 0 Å². The van der Waals surface area contributed by atoms with Gasteiger partial charge in [0.25, 0.3) is 0 Å². The average molecular weight is 521 g/mol. The molecule has 166 valence electrons. The Balaban J connectivity index is 0.00000784. The molecule has 0 saturated heterocycles. The molecule has 8 nitrogen and oxygen atoms in total. The van der Waals surface area contributed by atoms with Crippen LogP contribution in [0.2, 0.25) is 0 Å². The number of halogens is 1. The molecule has 0 aromatic carbocycles. The zero-order valence-electron chi connectivity index (χ0n) is 18.6. The van der Waals surface area contributed by atoms with Gasteiger partial charge in [-0.05, 0) is 46.6 Å². The van der Waals surface area contributed by atoms with Crippen LogP contribution in [-0.4, -0.2) is 48.4 Å². The van der Waals surface area contributed by atoms with Gasteiger partial charge in [0.1, 0.15) is 5.60 Å². The van der Waals surface area contributed by atoms with E-state index in [0.29, 0.717) is 31.5 Å². The number of aromatic nitrogens is 1. The normalized spacial score (nSPS) is 11.9. The Morgan fingerprint density at radius 2 is 1.86 bits per heavy atom. The third-order valence-electron chi connectivity index (χ3n) is 3.47. The highest BCUT2D eigenvalue weighted by molar-refractivity contribution is 14.0. The number of alkyl carbamates (subject to hydrolysis) is 1. The molecule has 0 bridgehead atoms. The summed E-state index contributed by atoms with van der Waals surface area (Å²) >= 11 is 0. The highest BCUT2D eigenvalue weighted by atomic mass is 127. The maximum atomic E-state index is 12.0. The van der Waals surface area contributed by atoms with Crippen LogP contribution in [0, 0.1) is 0 Å². The molecule has 0 aliphatic heterocycles. The monoisotopic (exact) mass is 521 g/mol. The summed E-state index contributed by atoms with van der Waals surface area (Å²) in [7, 11) is 1.70. The molecule has 0 spiro atoms. The van der Waals surface area contributed by atoms with Crippen molar-refractivity contribution in [2.24, 2.45) is 4.99 Å². The van der Waals surface area contributed by atoms with E-state index in [1.165, 1.54) is 0 Å². The molecule has 1 amide bonds. The second-order valence-electron chi connectivity index (χ2n) is 8.14. The van der Waals surface area contributed by atoms with Crippen molar-refractivity contribution in [3.8, 4) is 5.88 Å². The number of ether oxygens (including phenoxy) is 2. The molecule has 0 fully saturated rings. The fourth-order valence-electron chi connectivity index (χ4n) is 2.14. The summed E-state index contributed by atoms with van der Waals surface area (Å²) in [5, 5.41) is 9.30. The number of carbonyl (C=O) groups excluding carboxylic acids is 1. The van der Waals surface area contributed by atoms with Crippen LogP contribution in [0.3, 0.4) is 0 Å². The molecule has 0 atom stereocenters. The molecule has 1 heterocycles. The van der Waals surface area contributed by atoms with Gasteiger partial charge in [0.2, 0.25) is 5.88 Å². The van der Waals surface area contributed by atoms with Crippen molar-refractivity contribution < 1.29 is 14.3 Å². The number of guanidine groups is 1. The summed E-state index contributed by atoms with van der Waals surface area (Å²) in [6.07, 6.45) is 2.28. The van der Waals surface area contributed by atoms with E-state index in [1.54, 1.807) is 13.2 Å². The second kappa shape index (κ2) is 12.7. The first-order chi connectivity index (χ1) is 13.0. The fraction of sp³-hybridized carbons (Fsp3) is 0.650. The fourth-order valence-corrected chi connectivity index (χ4v) is 2.14. The highest BCUT2D eigenvalue weighted by Gasteiger charge is 2.24. The smallest absolute Gasteiger partial charge is 0.408 e. The molecule has 9 heteroatoms. The van der Waals surface area contributed by atoms with E-state index in [2.05, 4.69) is 32.9 Å². The zero-order chi connectivity index (χ0) is 21.2. The van der Waals surface area contributed by atoms with Gasteiger partial charge in [-0.25, -0.2) is 9.78 Å². The lowest BCUT2D eigenvalue weighted by Crippen LogP contribution is -2.54. The number of rotatable bonds is 8. The Bertz CT molecular complexity index is 643. The van der Waals surface area contributed by atoms with Gasteiger partial charge in [0, 0.05) is 32.4 Å². The number of nitrogens with zero attached hydrogens (tertiary/aromatic N) is 2. The number of pyridine rings is 1. The molecule has 1 rings (SSSR count). The molecule has 1 aromatic heterocycles. The Morgan fingerprint density at radius 1 is 1.17 bits per heavy atom.